The zero-order valence-corrected chi connectivity index (χ0v) is 19.9. The number of hydrogen-bond donors (Lipinski definition) is 2. The van der Waals surface area contributed by atoms with E-state index in [-0.39, 0.29) is 12.6 Å². The van der Waals surface area contributed by atoms with Crippen LogP contribution in [0.25, 0.3) is 5.57 Å². The Kier molecular flexibility index (Phi) is 7.00. The molecule has 0 spiro atoms. The fourth-order valence-corrected chi connectivity index (χ4v) is 8.18. The molecular formula is C22H33N3O4S2. The number of hydroxylamine groups is 1. The minimum Gasteiger partial charge on any atom is -0.381 e. The maximum atomic E-state index is 13.5. The highest BCUT2D eigenvalue weighted by molar-refractivity contribution is 7.90. The number of nitrogens with one attached hydrogen (secondary N) is 1. The SMILES string of the molecule is Cc1ccc(C2=CC(C)C(C3CCN(S(=O)(=O)C4(CNO)CCOCC4)CC3)N=C2)s1. The van der Waals surface area contributed by atoms with E-state index in [1.807, 2.05) is 6.21 Å². The van der Waals surface area contributed by atoms with Gasteiger partial charge in [0.1, 0.15) is 4.75 Å². The van der Waals surface area contributed by atoms with Crippen LogP contribution in [0.3, 0.4) is 0 Å². The molecule has 4 heterocycles. The molecule has 172 valence electrons. The lowest BCUT2D eigenvalue weighted by Gasteiger charge is -2.43. The number of sulfonamides is 1. The van der Waals surface area contributed by atoms with Gasteiger partial charge in [0.25, 0.3) is 0 Å². The Labute approximate surface area is 189 Å². The maximum Gasteiger partial charge on any atom is 0.221 e. The van der Waals surface area contributed by atoms with Gasteiger partial charge in [-0.1, -0.05) is 13.0 Å². The highest BCUT2D eigenvalue weighted by atomic mass is 32.2. The van der Waals surface area contributed by atoms with E-state index in [0.29, 0.717) is 51.0 Å². The Morgan fingerprint density at radius 3 is 2.58 bits per heavy atom. The molecule has 2 fully saturated rings. The van der Waals surface area contributed by atoms with Crippen molar-refractivity contribution in [2.24, 2.45) is 16.8 Å². The number of hydrogen-bond acceptors (Lipinski definition) is 7. The normalized spacial score (nSPS) is 27.9. The molecule has 31 heavy (non-hydrogen) atoms. The summed E-state index contributed by atoms with van der Waals surface area (Å²) in [6.07, 6.45) is 6.75. The third kappa shape index (κ3) is 4.54. The lowest BCUT2D eigenvalue weighted by Crippen LogP contribution is -2.57. The molecular weight excluding hydrogens is 434 g/mol. The van der Waals surface area contributed by atoms with Crippen LogP contribution >= 0.6 is 11.3 Å². The quantitative estimate of drug-likeness (QED) is 0.628. The van der Waals surface area contributed by atoms with E-state index in [1.165, 1.54) is 15.3 Å². The molecule has 0 saturated carbocycles. The summed E-state index contributed by atoms with van der Waals surface area (Å²) in [6, 6.07) is 4.49. The van der Waals surface area contributed by atoms with Crippen molar-refractivity contribution in [1.82, 2.24) is 9.79 Å². The second-order valence-electron chi connectivity index (χ2n) is 9.03. The summed E-state index contributed by atoms with van der Waals surface area (Å²) in [7, 11) is -3.54. The predicted molar refractivity (Wildman–Crippen MR) is 124 cm³/mol. The largest absolute Gasteiger partial charge is 0.381 e. The van der Waals surface area contributed by atoms with E-state index in [1.54, 1.807) is 15.6 Å². The van der Waals surface area contributed by atoms with Gasteiger partial charge in [-0.25, -0.2) is 18.2 Å². The number of nitrogens with zero attached hydrogens (tertiary/aromatic N) is 2. The predicted octanol–water partition coefficient (Wildman–Crippen LogP) is 3.10. The Balaban J connectivity index is 1.41. The highest BCUT2D eigenvalue weighted by Gasteiger charge is 2.49. The molecule has 0 aliphatic carbocycles. The number of allylic oxidation sites excluding steroid dienone is 1. The molecule has 1 aromatic rings. The number of thiophene rings is 1. The van der Waals surface area contributed by atoms with Crippen LogP contribution in [0.4, 0.5) is 0 Å². The number of piperidine rings is 1. The summed E-state index contributed by atoms with van der Waals surface area (Å²) < 4.78 is 33.0. The summed E-state index contributed by atoms with van der Waals surface area (Å²) in [5.41, 5.74) is 3.32. The number of rotatable bonds is 6. The monoisotopic (exact) mass is 467 g/mol. The van der Waals surface area contributed by atoms with Gasteiger partial charge in [-0.3, -0.25) is 4.99 Å². The van der Waals surface area contributed by atoms with E-state index < -0.39 is 14.8 Å². The first kappa shape index (κ1) is 23.1. The summed E-state index contributed by atoms with van der Waals surface area (Å²) in [5.74, 6) is 0.707. The van der Waals surface area contributed by atoms with Gasteiger partial charge in [-0.05, 0) is 56.6 Å². The highest BCUT2D eigenvalue weighted by Crippen LogP contribution is 2.37. The van der Waals surface area contributed by atoms with Crippen LogP contribution in [0.1, 0.15) is 42.4 Å². The number of ether oxygens (including phenoxy) is 1. The van der Waals surface area contributed by atoms with E-state index in [0.717, 1.165) is 12.8 Å². The van der Waals surface area contributed by atoms with Gasteiger partial charge in [0.05, 0.1) is 6.04 Å². The van der Waals surface area contributed by atoms with Gasteiger partial charge < -0.3 is 9.94 Å². The van der Waals surface area contributed by atoms with Crippen LogP contribution in [0.15, 0.2) is 23.2 Å². The smallest absolute Gasteiger partial charge is 0.221 e. The minimum atomic E-state index is -3.54. The van der Waals surface area contributed by atoms with Crippen molar-refractivity contribution in [1.29, 1.82) is 0 Å². The van der Waals surface area contributed by atoms with Crippen LogP contribution in [-0.2, 0) is 14.8 Å². The summed E-state index contributed by atoms with van der Waals surface area (Å²) in [6.45, 7) is 6.21. The molecule has 2 N–H and O–H groups in total. The zero-order chi connectivity index (χ0) is 22.1. The van der Waals surface area contributed by atoms with E-state index >= 15 is 0 Å². The van der Waals surface area contributed by atoms with E-state index in [9.17, 15) is 13.6 Å². The minimum absolute atomic E-state index is 0.0400. The third-order valence-corrected chi connectivity index (χ3v) is 10.8. The average molecular weight is 468 g/mol. The number of aryl methyl sites for hydroxylation is 1. The molecule has 3 aliphatic heterocycles. The van der Waals surface area contributed by atoms with E-state index in [2.05, 4.69) is 37.5 Å². The molecule has 0 radical (unpaired) electrons. The first-order chi connectivity index (χ1) is 14.9. The van der Waals surface area contributed by atoms with Crippen molar-refractivity contribution >= 4 is 33.1 Å². The van der Waals surface area contributed by atoms with Crippen LogP contribution in [0.5, 0.6) is 0 Å². The fourth-order valence-electron chi connectivity index (χ4n) is 5.16. The number of aliphatic imine (C=N–C) groups is 1. The van der Waals surface area contributed by atoms with Gasteiger partial charge in [-0.15, -0.1) is 11.3 Å². The molecule has 0 bridgehead atoms. The molecule has 0 aromatic carbocycles. The van der Waals surface area contributed by atoms with Crippen LogP contribution in [-0.4, -0.2) is 67.8 Å². The molecule has 3 aliphatic rings. The van der Waals surface area contributed by atoms with Gasteiger partial charge in [0.2, 0.25) is 10.0 Å². The van der Waals surface area contributed by atoms with Crippen molar-refractivity contribution in [2.75, 3.05) is 32.8 Å². The summed E-state index contributed by atoms with van der Waals surface area (Å²) in [5, 5.41) is 9.30. The first-order valence-electron chi connectivity index (χ1n) is 11.1. The van der Waals surface area contributed by atoms with Crippen molar-refractivity contribution in [3.05, 3.63) is 28.0 Å². The second kappa shape index (κ2) is 9.41. The molecule has 2 saturated heterocycles. The summed E-state index contributed by atoms with van der Waals surface area (Å²) in [4.78, 5) is 7.46. The third-order valence-electron chi connectivity index (χ3n) is 7.07. The molecule has 2 atom stereocenters. The first-order valence-corrected chi connectivity index (χ1v) is 13.4. The maximum absolute atomic E-state index is 13.5. The lowest BCUT2D eigenvalue weighted by atomic mass is 9.81. The van der Waals surface area contributed by atoms with Crippen molar-refractivity contribution in [2.45, 2.75) is 50.3 Å². The molecule has 2 unspecified atom stereocenters. The van der Waals surface area contributed by atoms with Crippen LogP contribution in [0.2, 0.25) is 0 Å². The molecule has 4 rings (SSSR count). The fraction of sp³-hybridized carbons (Fsp3) is 0.682. The topological polar surface area (TPSA) is 91.2 Å². The average Bonchev–Trinajstić information content (AvgIpc) is 3.21. The standard InChI is InChI=1S/C22H33N3O4S2/c1-16-13-19(20-4-3-17(2)30-20)14-23-21(16)18-5-9-25(10-6-18)31(27,28)22(15-24-26)7-11-29-12-8-22/h3-4,13-14,16,18,21,24,26H,5-12,15H2,1-2H3. The Hall–Kier alpha value is -1.10. The van der Waals surface area contributed by atoms with E-state index in [4.69, 9.17) is 9.73 Å². The Morgan fingerprint density at radius 1 is 1.29 bits per heavy atom. The van der Waals surface area contributed by atoms with Crippen LogP contribution in [0, 0.1) is 18.8 Å². The molecule has 9 heteroatoms. The van der Waals surface area contributed by atoms with Gasteiger partial charge in [-0.2, -0.15) is 0 Å². The lowest BCUT2D eigenvalue weighted by molar-refractivity contribution is 0.0562. The molecule has 7 nitrogen and oxygen atoms in total. The Bertz CT molecular complexity index is 921. The van der Waals surface area contributed by atoms with Crippen molar-refractivity contribution < 1.29 is 18.4 Å². The van der Waals surface area contributed by atoms with Crippen LogP contribution < -0.4 is 5.48 Å². The second-order valence-corrected chi connectivity index (χ2v) is 12.7. The molecule has 1 aromatic heterocycles. The summed E-state index contributed by atoms with van der Waals surface area (Å²) >= 11 is 1.79. The molecule has 0 amide bonds. The zero-order valence-electron chi connectivity index (χ0n) is 18.3. The van der Waals surface area contributed by atoms with Crippen molar-refractivity contribution in [3.8, 4) is 0 Å². The van der Waals surface area contributed by atoms with Gasteiger partial charge >= 0.3 is 0 Å². The van der Waals surface area contributed by atoms with Gasteiger partial charge in [0.15, 0.2) is 0 Å². The van der Waals surface area contributed by atoms with Gasteiger partial charge in [0, 0.05) is 54.4 Å². The Morgan fingerprint density at radius 2 is 2.00 bits per heavy atom. The van der Waals surface area contributed by atoms with Crippen molar-refractivity contribution in [3.63, 3.8) is 0 Å². The number of dihydropyridines is 1.